The van der Waals surface area contributed by atoms with Gasteiger partial charge < -0.3 is 10.5 Å². The van der Waals surface area contributed by atoms with Crippen molar-refractivity contribution in [2.24, 2.45) is 5.92 Å². The molecular weight excluding hydrogens is 257 g/mol. The molecule has 1 aliphatic carbocycles. The lowest BCUT2D eigenvalue weighted by Gasteiger charge is -2.22. The number of anilines is 1. The Hall–Kier alpha value is -1.46. The highest BCUT2D eigenvalue weighted by atomic mass is 19.4. The van der Waals surface area contributed by atoms with Crippen LogP contribution in [0.5, 0.6) is 5.75 Å². The summed E-state index contributed by atoms with van der Waals surface area (Å²) < 4.78 is 43.1. The van der Waals surface area contributed by atoms with Gasteiger partial charge in [-0.1, -0.05) is 19.3 Å². The van der Waals surface area contributed by atoms with Crippen molar-refractivity contribution in [1.82, 2.24) is 4.98 Å². The molecule has 0 saturated heterocycles. The molecule has 2 N–H and O–H groups in total. The number of alkyl halides is 3. The van der Waals surface area contributed by atoms with Gasteiger partial charge in [0.1, 0.15) is 11.4 Å². The van der Waals surface area contributed by atoms with Crippen LogP contribution >= 0.6 is 0 Å². The standard InChI is InChI=1S/C13H17F3N2O/c14-13(15,16)12-6-11(10(17)7-18-12)19-8-9-4-2-1-3-5-9/h6-7,9H,1-5,8,17H2. The third-order valence-corrected chi connectivity index (χ3v) is 3.38. The van der Waals surface area contributed by atoms with E-state index in [4.69, 9.17) is 10.5 Å². The number of hydrogen-bond acceptors (Lipinski definition) is 3. The molecule has 6 heteroatoms. The maximum absolute atomic E-state index is 12.5. The summed E-state index contributed by atoms with van der Waals surface area (Å²) in [5.41, 5.74) is 4.76. The van der Waals surface area contributed by atoms with Gasteiger partial charge in [0.05, 0.1) is 18.5 Å². The van der Waals surface area contributed by atoms with Crippen LogP contribution in [0.2, 0.25) is 0 Å². The van der Waals surface area contributed by atoms with Crippen molar-refractivity contribution in [1.29, 1.82) is 0 Å². The molecular formula is C13H17F3N2O. The second-order valence-corrected chi connectivity index (χ2v) is 4.92. The van der Waals surface area contributed by atoms with Crippen molar-refractivity contribution >= 4 is 5.69 Å². The molecule has 1 aliphatic rings. The normalized spacial score (nSPS) is 17.4. The maximum Gasteiger partial charge on any atom is 0.433 e. The van der Waals surface area contributed by atoms with Crippen LogP contribution in [0.1, 0.15) is 37.8 Å². The highest BCUT2D eigenvalue weighted by molar-refractivity contribution is 5.51. The van der Waals surface area contributed by atoms with Crippen LogP contribution in [0.15, 0.2) is 12.3 Å². The fourth-order valence-electron chi connectivity index (χ4n) is 2.29. The van der Waals surface area contributed by atoms with Gasteiger partial charge in [-0.25, -0.2) is 4.98 Å². The molecule has 3 nitrogen and oxygen atoms in total. The lowest BCUT2D eigenvalue weighted by molar-refractivity contribution is -0.141. The summed E-state index contributed by atoms with van der Waals surface area (Å²) in [5, 5.41) is 0. The molecule has 0 atom stereocenters. The third-order valence-electron chi connectivity index (χ3n) is 3.38. The number of nitrogens with two attached hydrogens (primary N) is 1. The predicted octanol–water partition coefficient (Wildman–Crippen LogP) is 3.64. The van der Waals surface area contributed by atoms with E-state index in [1.54, 1.807) is 0 Å². The quantitative estimate of drug-likeness (QED) is 0.915. The summed E-state index contributed by atoms with van der Waals surface area (Å²) in [5.74, 6) is 0.489. The zero-order chi connectivity index (χ0) is 13.9. The zero-order valence-corrected chi connectivity index (χ0v) is 10.5. The molecule has 0 spiro atoms. The van der Waals surface area contributed by atoms with E-state index < -0.39 is 11.9 Å². The molecule has 2 rings (SSSR count). The Labute approximate surface area is 110 Å². The first-order valence-corrected chi connectivity index (χ1v) is 6.42. The number of nitrogens with zero attached hydrogens (tertiary/aromatic N) is 1. The summed E-state index contributed by atoms with van der Waals surface area (Å²) in [7, 11) is 0. The molecule has 0 unspecified atom stereocenters. The largest absolute Gasteiger partial charge is 0.491 e. The Morgan fingerprint density at radius 1 is 1.26 bits per heavy atom. The van der Waals surface area contributed by atoms with Gasteiger partial charge in [0.15, 0.2) is 0 Å². The minimum Gasteiger partial charge on any atom is -0.491 e. The second-order valence-electron chi connectivity index (χ2n) is 4.92. The van der Waals surface area contributed by atoms with Crippen molar-refractivity contribution in [2.45, 2.75) is 38.3 Å². The molecule has 0 aromatic carbocycles. The lowest BCUT2D eigenvalue weighted by Crippen LogP contribution is -2.16. The molecule has 106 valence electrons. The topological polar surface area (TPSA) is 48.1 Å². The van der Waals surface area contributed by atoms with Crippen molar-refractivity contribution < 1.29 is 17.9 Å². The monoisotopic (exact) mass is 274 g/mol. The Bertz CT molecular complexity index is 428. The van der Waals surface area contributed by atoms with E-state index in [0.717, 1.165) is 37.9 Å². The van der Waals surface area contributed by atoms with Gasteiger partial charge in [0.25, 0.3) is 0 Å². The molecule has 1 saturated carbocycles. The van der Waals surface area contributed by atoms with E-state index in [1.165, 1.54) is 6.42 Å². The fourth-order valence-corrected chi connectivity index (χ4v) is 2.29. The Morgan fingerprint density at radius 2 is 1.95 bits per heavy atom. The van der Waals surface area contributed by atoms with Crippen LogP contribution in [0.3, 0.4) is 0 Å². The van der Waals surface area contributed by atoms with Gasteiger partial charge >= 0.3 is 6.18 Å². The van der Waals surface area contributed by atoms with E-state index in [-0.39, 0.29) is 11.4 Å². The number of rotatable bonds is 3. The Kier molecular flexibility index (Phi) is 4.17. The summed E-state index contributed by atoms with van der Waals surface area (Å²) >= 11 is 0. The molecule has 1 aromatic heterocycles. The van der Waals surface area contributed by atoms with Crippen LogP contribution in [0.25, 0.3) is 0 Å². The van der Waals surface area contributed by atoms with Crippen LogP contribution in [0, 0.1) is 5.92 Å². The maximum atomic E-state index is 12.5. The number of nitrogen functional groups attached to an aromatic ring is 1. The predicted molar refractivity (Wildman–Crippen MR) is 65.7 cm³/mol. The summed E-state index contributed by atoms with van der Waals surface area (Å²) in [6.07, 6.45) is 2.21. The van der Waals surface area contributed by atoms with E-state index in [0.29, 0.717) is 12.5 Å². The van der Waals surface area contributed by atoms with Gasteiger partial charge in [-0.05, 0) is 18.8 Å². The van der Waals surface area contributed by atoms with Gasteiger partial charge in [-0.15, -0.1) is 0 Å². The molecule has 1 fully saturated rings. The minimum atomic E-state index is -4.48. The first-order valence-electron chi connectivity index (χ1n) is 6.42. The molecule has 1 aromatic rings. The van der Waals surface area contributed by atoms with E-state index in [9.17, 15) is 13.2 Å². The summed E-state index contributed by atoms with van der Waals surface area (Å²) in [4.78, 5) is 3.27. The van der Waals surface area contributed by atoms with Crippen LogP contribution in [-0.4, -0.2) is 11.6 Å². The Balaban J connectivity index is 2.02. The zero-order valence-electron chi connectivity index (χ0n) is 10.5. The van der Waals surface area contributed by atoms with E-state index in [2.05, 4.69) is 4.98 Å². The van der Waals surface area contributed by atoms with Gasteiger partial charge in [-0.2, -0.15) is 13.2 Å². The average Bonchev–Trinajstić information content (AvgIpc) is 2.37. The van der Waals surface area contributed by atoms with Crippen LogP contribution in [-0.2, 0) is 6.18 Å². The minimum absolute atomic E-state index is 0.0768. The summed E-state index contributed by atoms with van der Waals surface area (Å²) in [6.45, 7) is 0.422. The van der Waals surface area contributed by atoms with Crippen molar-refractivity contribution in [3.8, 4) is 5.75 Å². The molecule has 0 bridgehead atoms. The van der Waals surface area contributed by atoms with Gasteiger partial charge in [0, 0.05) is 6.07 Å². The highest BCUT2D eigenvalue weighted by Gasteiger charge is 2.33. The average molecular weight is 274 g/mol. The number of hydrogen-bond donors (Lipinski definition) is 1. The first-order chi connectivity index (χ1) is 8.97. The van der Waals surface area contributed by atoms with E-state index >= 15 is 0 Å². The smallest absolute Gasteiger partial charge is 0.433 e. The number of halogens is 3. The fraction of sp³-hybridized carbons (Fsp3) is 0.615. The number of aromatic nitrogens is 1. The molecule has 0 radical (unpaired) electrons. The summed E-state index contributed by atoms with van der Waals surface area (Å²) in [6, 6.07) is 0.873. The highest BCUT2D eigenvalue weighted by Crippen LogP contribution is 2.33. The molecule has 19 heavy (non-hydrogen) atoms. The molecule has 1 heterocycles. The van der Waals surface area contributed by atoms with Crippen molar-refractivity contribution in [3.63, 3.8) is 0 Å². The van der Waals surface area contributed by atoms with Gasteiger partial charge in [0.2, 0.25) is 0 Å². The van der Waals surface area contributed by atoms with Crippen LogP contribution < -0.4 is 10.5 Å². The Morgan fingerprint density at radius 3 is 2.58 bits per heavy atom. The molecule has 0 amide bonds. The van der Waals surface area contributed by atoms with Crippen LogP contribution in [0.4, 0.5) is 18.9 Å². The van der Waals surface area contributed by atoms with Gasteiger partial charge in [-0.3, -0.25) is 0 Å². The third kappa shape index (κ3) is 3.75. The van der Waals surface area contributed by atoms with Crippen molar-refractivity contribution in [2.75, 3.05) is 12.3 Å². The number of ether oxygens (including phenoxy) is 1. The second kappa shape index (κ2) is 5.67. The lowest BCUT2D eigenvalue weighted by atomic mass is 9.90. The number of pyridine rings is 1. The SMILES string of the molecule is Nc1cnc(C(F)(F)F)cc1OCC1CCCCC1. The first kappa shape index (κ1) is 14.0. The molecule has 0 aliphatic heterocycles. The van der Waals surface area contributed by atoms with E-state index in [1.807, 2.05) is 0 Å². The van der Waals surface area contributed by atoms with Crippen molar-refractivity contribution in [3.05, 3.63) is 18.0 Å².